The van der Waals surface area contributed by atoms with Gasteiger partial charge in [0.25, 0.3) is 10.2 Å². The monoisotopic (exact) mass is 326 g/mol. The SMILES string of the molecule is C[C@@H]1CO[C@H](c2ccccc2)CN1S(=O)(=O)N1CCOCC1. The molecule has 6 nitrogen and oxygen atoms in total. The van der Waals surface area contributed by atoms with Crippen molar-refractivity contribution in [3.8, 4) is 0 Å². The van der Waals surface area contributed by atoms with Crippen molar-refractivity contribution in [3.63, 3.8) is 0 Å². The summed E-state index contributed by atoms with van der Waals surface area (Å²) in [4.78, 5) is 0. The molecule has 7 heteroatoms. The van der Waals surface area contributed by atoms with Crippen LogP contribution in [0.15, 0.2) is 30.3 Å². The van der Waals surface area contributed by atoms with Crippen molar-refractivity contribution in [1.29, 1.82) is 0 Å². The molecule has 0 radical (unpaired) electrons. The average Bonchev–Trinajstić information content (AvgIpc) is 2.57. The molecule has 2 fully saturated rings. The van der Waals surface area contributed by atoms with Crippen LogP contribution in [0.25, 0.3) is 0 Å². The fraction of sp³-hybridized carbons (Fsp3) is 0.600. The smallest absolute Gasteiger partial charge is 0.282 e. The van der Waals surface area contributed by atoms with E-state index >= 15 is 0 Å². The number of hydrogen-bond acceptors (Lipinski definition) is 4. The van der Waals surface area contributed by atoms with Crippen LogP contribution >= 0.6 is 0 Å². The first kappa shape index (κ1) is 15.9. The highest BCUT2D eigenvalue weighted by Gasteiger charge is 2.39. The highest BCUT2D eigenvalue weighted by atomic mass is 32.2. The van der Waals surface area contributed by atoms with E-state index in [9.17, 15) is 8.42 Å². The minimum atomic E-state index is -3.47. The molecule has 0 saturated carbocycles. The molecule has 0 unspecified atom stereocenters. The van der Waals surface area contributed by atoms with Crippen LogP contribution in [0.2, 0.25) is 0 Å². The van der Waals surface area contributed by atoms with E-state index in [0.29, 0.717) is 39.5 Å². The Hall–Kier alpha value is -0.990. The lowest BCUT2D eigenvalue weighted by molar-refractivity contribution is -0.0321. The second kappa shape index (κ2) is 6.64. The molecule has 2 aliphatic heterocycles. The van der Waals surface area contributed by atoms with Gasteiger partial charge in [0, 0.05) is 25.7 Å². The van der Waals surface area contributed by atoms with Crippen molar-refractivity contribution in [2.45, 2.75) is 19.1 Å². The van der Waals surface area contributed by atoms with E-state index in [1.165, 1.54) is 4.31 Å². The van der Waals surface area contributed by atoms with Gasteiger partial charge in [-0.1, -0.05) is 30.3 Å². The Kier molecular flexibility index (Phi) is 4.79. The maximum Gasteiger partial charge on any atom is 0.282 e. The van der Waals surface area contributed by atoms with Gasteiger partial charge in [-0.25, -0.2) is 0 Å². The zero-order valence-electron chi connectivity index (χ0n) is 12.7. The van der Waals surface area contributed by atoms with Gasteiger partial charge in [-0.2, -0.15) is 17.0 Å². The third kappa shape index (κ3) is 3.18. The van der Waals surface area contributed by atoms with Gasteiger partial charge >= 0.3 is 0 Å². The molecule has 2 saturated heterocycles. The molecule has 0 aromatic heterocycles. The first-order valence-electron chi connectivity index (χ1n) is 7.60. The maximum absolute atomic E-state index is 12.9. The quantitative estimate of drug-likeness (QED) is 0.832. The Bertz CT molecular complexity index is 587. The molecule has 0 amide bonds. The summed E-state index contributed by atoms with van der Waals surface area (Å²) >= 11 is 0. The van der Waals surface area contributed by atoms with E-state index in [1.807, 2.05) is 37.3 Å². The molecule has 0 N–H and O–H groups in total. The van der Waals surface area contributed by atoms with Crippen LogP contribution in [0.3, 0.4) is 0 Å². The summed E-state index contributed by atoms with van der Waals surface area (Å²) in [6.45, 7) is 4.40. The first-order chi connectivity index (χ1) is 10.6. The first-order valence-corrected chi connectivity index (χ1v) is 9.00. The van der Waals surface area contributed by atoms with Gasteiger partial charge < -0.3 is 9.47 Å². The summed E-state index contributed by atoms with van der Waals surface area (Å²) in [6, 6.07) is 9.61. The Labute approximate surface area is 131 Å². The second-order valence-electron chi connectivity index (χ2n) is 5.67. The molecule has 2 heterocycles. The minimum absolute atomic E-state index is 0.159. The van der Waals surface area contributed by atoms with Crippen molar-refractivity contribution < 1.29 is 17.9 Å². The molecule has 2 atom stereocenters. The molecule has 1 aromatic rings. The summed E-state index contributed by atoms with van der Waals surface area (Å²) in [5, 5.41) is 0. The Morgan fingerprint density at radius 1 is 1.14 bits per heavy atom. The van der Waals surface area contributed by atoms with Crippen LogP contribution in [0.1, 0.15) is 18.6 Å². The van der Waals surface area contributed by atoms with Crippen molar-refractivity contribution in [1.82, 2.24) is 8.61 Å². The van der Waals surface area contributed by atoms with Gasteiger partial charge in [0.1, 0.15) is 0 Å². The van der Waals surface area contributed by atoms with Crippen LogP contribution in [0.4, 0.5) is 0 Å². The van der Waals surface area contributed by atoms with E-state index in [-0.39, 0.29) is 12.1 Å². The highest BCUT2D eigenvalue weighted by Crippen LogP contribution is 2.28. The standard InChI is InChI=1S/C15H22N2O4S/c1-13-12-21-15(14-5-3-2-4-6-14)11-17(13)22(18,19)16-7-9-20-10-8-16/h2-6,13,15H,7-12H2,1H3/t13-,15+/m1/s1. The lowest BCUT2D eigenvalue weighted by atomic mass is 10.1. The Morgan fingerprint density at radius 3 is 2.50 bits per heavy atom. The minimum Gasteiger partial charge on any atom is -0.379 e. The fourth-order valence-corrected chi connectivity index (χ4v) is 4.60. The summed E-state index contributed by atoms with van der Waals surface area (Å²) in [5.41, 5.74) is 1.01. The summed E-state index contributed by atoms with van der Waals surface area (Å²) in [7, 11) is -3.47. The van der Waals surface area contributed by atoms with Gasteiger partial charge in [-0.05, 0) is 12.5 Å². The van der Waals surface area contributed by atoms with E-state index in [4.69, 9.17) is 9.47 Å². The molecule has 3 rings (SSSR count). The lowest BCUT2D eigenvalue weighted by Gasteiger charge is -2.40. The predicted octanol–water partition coefficient (Wildman–Crippen LogP) is 1.03. The van der Waals surface area contributed by atoms with Crippen LogP contribution < -0.4 is 0 Å². The van der Waals surface area contributed by atoms with Crippen LogP contribution in [-0.4, -0.2) is 62.5 Å². The summed E-state index contributed by atoms with van der Waals surface area (Å²) in [6.07, 6.45) is -0.215. The van der Waals surface area contributed by atoms with Crippen LogP contribution in [0.5, 0.6) is 0 Å². The van der Waals surface area contributed by atoms with E-state index in [0.717, 1.165) is 5.56 Å². The molecular formula is C15H22N2O4S. The zero-order chi connectivity index (χ0) is 15.6. The van der Waals surface area contributed by atoms with Crippen molar-refractivity contribution >= 4 is 10.2 Å². The number of nitrogens with zero attached hydrogens (tertiary/aromatic N) is 2. The van der Waals surface area contributed by atoms with Crippen molar-refractivity contribution in [2.24, 2.45) is 0 Å². The Morgan fingerprint density at radius 2 is 1.82 bits per heavy atom. The van der Waals surface area contributed by atoms with Gasteiger partial charge in [0.2, 0.25) is 0 Å². The average molecular weight is 326 g/mol. The van der Waals surface area contributed by atoms with Gasteiger partial charge in [-0.15, -0.1) is 0 Å². The van der Waals surface area contributed by atoms with Crippen molar-refractivity contribution in [2.75, 3.05) is 39.5 Å². The van der Waals surface area contributed by atoms with Crippen molar-refractivity contribution in [3.05, 3.63) is 35.9 Å². The third-order valence-corrected chi connectivity index (χ3v) is 6.26. The van der Waals surface area contributed by atoms with Crippen LogP contribution in [-0.2, 0) is 19.7 Å². The van der Waals surface area contributed by atoms with Gasteiger partial charge in [0.15, 0.2) is 0 Å². The highest BCUT2D eigenvalue weighted by molar-refractivity contribution is 7.86. The topological polar surface area (TPSA) is 59.1 Å². The summed E-state index contributed by atoms with van der Waals surface area (Å²) < 4.78 is 39.9. The van der Waals surface area contributed by atoms with E-state index < -0.39 is 10.2 Å². The maximum atomic E-state index is 12.9. The molecule has 2 aliphatic rings. The second-order valence-corrected chi connectivity index (χ2v) is 7.55. The largest absolute Gasteiger partial charge is 0.379 e. The fourth-order valence-electron chi connectivity index (χ4n) is 2.85. The Balaban J connectivity index is 1.79. The lowest BCUT2D eigenvalue weighted by Crippen LogP contribution is -2.55. The molecule has 0 spiro atoms. The number of morpholine rings is 2. The number of benzene rings is 1. The molecule has 1 aromatic carbocycles. The van der Waals surface area contributed by atoms with Crippen LogP contribution in [0, 0.1) is 0 Å². The van der Waals surface area contributed by atoms with Gasteiger partial charge in [0.05, 0.1) is 25.9 Å². The third-order valence-electron chi connectivity index (χ3n) is 4.14. The van der Waals surface area contributed by atoms with Gasteiger partial charge in [-0.3, -0.25) is 0 Å². The predicted molar refractivity (Wildman–Crippen MR) is 82.6 cm³/mol. The molecular weight excluding hydrogens is 304 g/mol. The number of ether oxygens (including phenoxy) is 2. The number of hydrogen-bond donors (Lipinski definition) is 0. The molecule has 122 valence electrons. The van der Waals surface area contributed by atoms with E-state index in [2.05, 4.69) is 0 Å². The molecule has 22 heavy (non-hydrogen) atoms. The molecule has 0 bridgehead atoms. The summed E-state index contributed by atoms with van der Waals surface area (Å²) in [5.74, 6) is 0. The normalized spacial score (nSPS) is 28.6. The van der Waals surface area contributed by atoms with E-state index in [1.54, 1.807) is 4.31 Å². The molecule has 0 aliphatic carbocycles. The number of rotatable bonds is 3. The zero-order valence-corrected chi connectivity index (χ0v) is 13.5.